The number of carbonyl (C=O) groups excluding carboxylic acids is 1. The Morgan fingerprint density at radius 3 is 2.67 bits per heavy atom. The fourth-order valence-corrected chi connectivity index (χ4v) is 1.70. The number of alkyl halides is 3. The highest BCUT2D eigenvalue weighted by molar-refractivity contribution is 7.98. The third kappa shape index (κ3) is 4.14. The molecule has 3 nitrogen and oxygen atoms in total. The van der Waals surface area contributed by atoms with Crippen molar-refractivity contribution in [2.45, 2.75) is 12.6 Å². The Morgan fingerprint density at radius 2 is 2.11 bits per heavy atom. The van der Waals surface area contributed by atoms with Gasteiger partial charge >= 0.3 is 6.18 Å². The van der Waals surface area contributed by atoms with Crippen LogP contribution < -0.4 is 11.1 Å². The highest BCUT2D eigenvalue weighted by Crippen LogP contribution is 2.36. The molecule has 18 heavy (non-hydrogen) atoms. The van der Waals surface area contributed by atoms with Crippen molar-refractivity contribution in [3.05, 3.63) is 23.8 Å². The Balaban J connectivity index is 2.92. The highest BCUT2D eigenvalue weighted by atomic mass is 32.2. The molecule has 1 amide bonds. The molecule has 0 aliphatic carbocycles. The number of carbonyl (C=O) groups is 1. The average molecular weight is 278 g/mol. The average Bonchev–Trinajstić information content (AvgIpc) is 2.27. The summed E-state index contributed by atoms with van der Waals surface area (Å²) in [4.78, 5) is 11.4. The molecule has 0 radical (unpaired) electrons. The van der Waals surface area contributed by atoms with E-state index in [4.69, 9.17) is 5.73 Å². The molecule has 0 aromatic heterocycles. The van der Waals surface area contributed by atoms with Gasteiger partial charge in [-0.3, -0.25) is 4.79 Å². The smallest absolute Gasteiger partial charge is 0.399 e. The topological polar surface area (TPSA) is 55.1 Å². The summed E-state index contributed by atoms with van der Waals surface area (Å²) in [7, 11) is 0. The molecule has 0 aliphatic heterocycles. The maximum atomic E-state index is 12.7. The van der Waals surface area contributed by atoms with Crippen molar-refractivity contribution in [2.75, 3.05) is 23.1 Å². The number of nitrogen functional groups attached to an aromatic ring is 1. The van der Waals surface area contributed by atoms with Crippen molar-refractivity contribution in [3.8, 4) is 0 Å². The van der Waals surface area contributed by atoms with Crippen LogP contribution in [0.2, 0.25) is 0 Å². The molecule has 3 N–H and O–H groups in total. The fraction of sp³-hybridized carbons (Fsp3) is 0.364. The molecule has 7 heteroatoms. The van der Waals surface area contributed by atoms with Crippen LogP contribution in [0, 0.1) is 0 Å². The van der Waals surface area contributed by atoms with Crippen LogP contribution in [0.15, 0.2) is 18.2 Å². The number of hydrogen-bond acceptors (Lipinski definition) is 3. The lowest BCUT2D eigenvalue weighted by Gasteiger charge is -2.14. The van der Waals surface area contributed by atoms with E-state index in [1.807, 2.05) is 6.26 Å². The van der Waals surface area contributed by atoms with E-state index in [-0.39, 0.29) is 17.8 Å². The summed E-state index contributed by atoms with van der Waals surface area (Å²) in [6, 6.07) is 3.29. The summed E-state index contributed by atoms with van der Waals surface area (Å²) in [5.41, 5.74) is 4.13. The lowest BCUT2D eigenvalue weighted by Crippen LogP contribution is -2.17. The first kappa shape index (κ1) is 14.7. The number of thioether (sulfide) groups is 1. The Labute approximate surface area is 107 Å². The van der Waals surface area contributed by atoms with Crippen LogP contribution in [0.3, 0.4) is 0 Å². The molecule has 0 aliphatic rings. The van der Waals surface area contributed by atoms with Crippen molar-refractivity contribution in [1.29, 1.82) is 0 Å². The van der Waals surface area contributed by atoms with E-state index < -0.39 is 17.6 Å². The summed E-state index contributed by atoms with van der Waals surface area (Å²) >= 11 is 1.45. The molecule has 0 atom stereocenters. The van der Waals surface area contributed by atoms with Gasteiger partial charge in [-0.1, -0.05) is 0 Å². The van der Waals surface area contributed by atoms with Crippen molar-refractivity contribution >= 4 is 29.0 Å². The van der Waals surface area contributed by atoms with Crippen molar-refractivity contribution in [2.24, 2.45) is 0 Å². The van der Waals surface area contributed by atoms with Gasteiger partial charge in [-0.2, -0.15) is 24.9 Å². The van der Waals surface area contributed by atoms with Gasteiger partial charge in [0.05, 0.1) is 11.3 Å². The minimum absolute atomic E-state index is 0.00411. The van der Waals surface area contributed by atoms with Gasteiger partial charge in [-0.05, 0) is 24.5 Å². The molecule has 0 fully saturated rings. The zero-order valence-electron chi connectivity index (χ0n) is 9.67. The van der Waals surface area contributed by atoms with Crippen LogP contribution in [-0.4, -0.2) is 17.9 Å². The first-order valence-electron chi connectivity index (χ1n) is 5.10. The number of halogens is 3. The fourth-order valence-electron chi connectivity index (χ4n) is 1.31. The second kappa shape index (κ2) is 5.99. The summed E-state index contributed by atoms with van der Waals surface area (Å²) in [5.74, 6) is 0.113. The van der Waals surface area contributed by atoms with Crippen LogP contribution in [-0.2, 0) is 11.0 Å². The lowest BCUT2D eigenvalue weighted by atomic mass is 10.1. The first-order chi connectivity index (χ1) is 8.34. The molecular formula is C11H13F3N2OS. The van der Waals surface area contributed by atoms with Gasteiger partial charge < -0.3 is 11.1 Å². The van der Waals surface area contributed by atoms with Gasteiger partial charge in [0.15, 0.2) is 0 Å². The van der Waals surface area contributed by atoms with E-state index >= 15 is 0 Å². The second-order valence-corrected chi connectivity index (χ2v) is 4.58. The molecule has 0 saturated heterocycles. The second-order valence-electron chi connectivity index (χ2n) is 3.59. The number of amides is 1. The SMILES string of the molecule is CSCCC(=O)Nc1ccc(N)cc1C(F)(F)F. The van der Waals surface area contributed by atoms with Gasteiger partial charge in [-0.15, -0.1) is 0 Å². The normalized spacial score (nSPS) is 11.3. The van der Waals surface area contributed by atoms with E-state index in [1.54, 1.807) is 0 Å². The zero-order valence-corrected chi connectivity index (χ0v) is 10.5. The summed E-state index contributed by atoms with van der Waals surface area (Å²) < 4.78 is 38.2. The Morgan fingerprint density at radius 1 is 1.44 bits per heavy atom. The van der Waals surface area contributed by atoms with Gasteiger partial charge in [0.1, 0.15) is 0 Å². The molecule has 1 aromatic carbocycles. The van der Waals surface area contributed by atoms with E-state index in [2.05, 4.69) is 5.32 Å². The molecule has 0 unspecified atom stereocenters. The molecule has 1 aromatic rings. The van der Waals surface area contributed by atoms with E-state index in [1.165, 1.54) is 17.8 Å². The van der Waals surface area contributed by atoms with Crippen LogP contribution in [0.4, 0.5) is 24.5 Å². The number of benzene rings is 1. The minimum atomic E-state index is -4.54. The standard InChI is InChI=1S/C11H13F3N2OS/c1-18-5-4-10(17)16-9-3-2-7(15)6-8(9)11(12,13)14/h2-3,6H,4-5,15H2,1H3,(H,16,17). The quantitative estimate of drug-likeness (QED) is 0.832. The molecule has 0 heterocycles. The number of nitrogens with two attached hydrogens (primary N) is 1. The predicted octanol–water partition coefficient (Wildman–Crippen LogP) is 2.98. The van der Waals surface area contributed by atoms with Gasteiger partial charge in [-0.25, -0.2) is 0 Å². The third-order valence-corrected chi connectivity index (χ3v) is 2.77. The molecule has 1 rings (SSSR count). The first-order valence-corrected chi connectivity index (χ1v) is 6.49. The summed E-state index contributed by atoms with van der Waals surface area (Å²) in [5, 5.41) is 2.25. The molecular weight excluding hydrogens is 265 g/mol. The summed E-state index contributed by atoms with van der Waals surface area (Å²) in [6.45, 7) is 0. The number of nitrogens with one attached hydrogen (secondary N) is 1. The molecule has 100 valence electrons. The van der Waals surface area contributed by atoms with E-state index in [9.17, 15) is 18.0 Å². The van der Waals surface area contributed by atoms with Crippen molar-refractivity contribution in [1.82, 2.24) is 0 Å². The Kier molecular flexibility index (Phi) is 4.89. The van der Waals surface area contributed by atoms with Crippen LogP contribution >= 0.6 is 11.8 Å². The van der Waals surface area contributed by atoms with Crippen LogP contribution in [0.5, 0.6) is 0 Å². The number of hydrogen-bond donors (Lipinski definition) is 2. The lowest BCUT2D eigenvalue weighted by molar-refractivity contribution is -0.136. The molecule has 0 bridgehead atoms. The van der Waals surface area contributed by atoms with E-state index in [0.29, 0.717) is 5.75 Å². The van der Waals surface area contributed by atoms with Gasteiger partial charge in [0.2, 0.25) is 5.91 Å². The predicted molar refractivity (Wildman–Crippen MR) is 67.5 cm³/mol. The minimum Gasteiger partial charge on any atom is -0.399 e. The van der Waals surface area contributed by atoms with Crippen LogP contribution in [0.1, 0.15) is 12.0 Å². The van der Waals surface area contributed by atoms with Crippen LogP contribution in [0.25, 0.3) is 0 Å². The van der Waals surface area contributed by atoms with E-state index in [0.717, 1.165) is 12.1 Å². The van der Waals surface area contributed by atoms with Crippen molar-refractivity contribution in [3.63, 3.8) is 0 Å². The maximum Gasteiger partial charge on any atom is 0.418 e. The van der Waals surface area contributed by atoms with Crippen molar-refractivity contribution < 1.29 is 18.0 Å². The molecule has 0 spiro atoms. The van der Waals surface area contributed by atoms with Gasteiger partial charge in [0, 0.05) is 17.9 Å². The largest absolute Gasteiger partial charge is 0.418 e. The zero-order chi connectivity index (χ0) is 13.8. The highest BCUT2D eigenvalue weighted by Gasteiger charge is 2.34. The summed E-state index contributed by atoms with van der Waals surface area (Å²) in [6.07, 6.45) is -2.56. The monoisotopic (exact) mass is 278 g/mol. The third-order valence-electron chi connectivity index (χ3n) is 2.16. The maximum absolute atomic E-state index is 12.7. The van der Waals surface area contributed by atoms with Gasteiger partial charge in [0.25, 0.3) is 0 Å². The number of rotatable bonds is 4. The number of anilines is 2. The Bertz CT molecular complexity index is 435. The molecule has 0 saturated carbocycles. The Hall–Kier alpha value is -1.37.